The summed E-state index contributed by atoms with van der Waals surface area (Å²) in [5, 5.41) is 2.88. The van der Waals surface area contributed by atoms with Crippen LogP contribution in [-0.2, 0) is 4.79 Å². The van der Waals surface area contributed by atoms with Gasteiger partial charge in [-0.3, -0.25) is 4.79 Å². The molecule has 0 fully saturated rings. The summed E-state index contributed by atoms with van der Waals surface area (Å²) in [5.74, 6) is 2.39. The number of hydrogen-bond acceptors (Lipinski definition) is 3. The highest BCUT2D eigenvalue weighted by Crippen LogP contribution is 2.21. The van der Waals surface area contributed by atoms with Crippen molar-refractivity contribution in [2.24, 2.45) is 0 Å². The van der Waals surface area contributed by atoms with Gasteiger partial charge in [-0.2, -0.15) is 0 Å². The van der Waals surface area contributed by atoms with Gasteiger partial charge in [0.25, 0.3) is 0 Å². The lowest BCUT2D eigenvalue weighted by Gasteiger charge is -2.07. The molecule has 1 amide bonds. The van der Waals surface area contributed by atoms with Crippen molar-refractivity contribution in [2.45, 2.75) is 39.7 Å². The Bertz CT molecular complexity index is 140. The summed E-state index contributed by atoms with van der Waals surface area (Å²) >= 11 is 0. The Hall–Kier alpha value is 0.170. The van der Waals surface area contributed by atoms with Crippen LogP contribution in [0.1, 0.15) is 33.6 Å². The number of nitrogens with one attached hydrogen (secondary N) is 1. The van der Waals surface area contributed by atoms with Crippen LogP contribution in [-0.4, -0.2) is 23.5 Å². The van der Waals surface area contributed by atoms with Crippen molar-refractivity contribution >= 4 is 27.5 Å². The molecule has 13 heavy (non-hydrogen) atoms. The van der Waals surface area contributed by atoms with E-state index in [1.54, 1.807) is 0 Å². The molecular formula is C9H19NOS2. The third-order valence-electron chi connectivity index (χ3n) is 1.28. The molecule has 0 atom stereocenters. The van der Waals surface area contributed by atoms with Crippen LogP contribution >= 0.6 is 21.6 Å². The van der Waals surface area contributed by atoms with Crippen LogP contribution in [0.5, 0.6) is 0 Å². The number of carbonyl (C=O) groups is 1. The molecule has 0 rings (SSSR count). The molecule has 0 unspecified atom stereocenters. The first-order valence-corrected chi connectivity index (χ1v) is 7.19. The molecule has 78 valence electrons. The Balaban J connectivity index is 3.17. The zero-order valence-electron chi connectivity index (χ0n) is 8.63. The first-order valence-electron chi connectivity index (χ1n) is 4.70. The van der Waals surface area contributed by atoms with Crippen molar-refractivity contribution in [1.82, 2.24) is 5.32 Å². The van der Waals surface area contributed by atoms with Crippen LogP contribution in [0, 0.1) is 0 Å². The van der Waals surface area contributed by atoms with Crippen LogP contribution in [0.2, 0.25) is 0 Å². The van der Waals surface area contributed by atoms with E-state index in [1.807, 2.05) is 35.4 Å². The summed E-state index contributed by atoms with van der Waals surface area (Å²) < 4.78 is 0. The molecule has 0 aromatic heterocycles. The lowest BCUT2D eigenvalue weighted by atomic mass is 10.3. The van der Waals surface area contributed by atoms with E-state index in [0.717, 1.165) is 17.9 Å². The molecule has 0 aromatic rings. The van der Waals surface area contributed by atoms with Gasteiger partial charge >= 0.3 is 0 Å². The number of rotatable bonds is 7. The van der Waals surface area contributed by atoms with Gasteiger partial charge < -0.3 is 5.32 Å². The quantitative estimate of drug-likeness (QED) is 0.529. The van der Waals surface area contributed by atoms with E-state index < -0.39 is 0 Å². The van der Waals surface area contributed by atoms with E-state index in [1.165, 1.54) is 0 Å². The van der Waals surface area contributed by atoms with E-state index in [-0.39, 0.29) is 11.9 Å². The molecule has 0 spiro atoms. The summed E-state index contributed by atoms with van der Waals surface area (Å²) in [7, 11) is 3.71. The maximum atomic E-state index is 11.2. The molecular weight excluding hydrogens is 202 g/mol. The zero-order valence-corrected chi connectivity index (χ0v) is 10.3. The highest BCUT2D eigenvalue weighted by Gasteiger charge is 2.01. The van der Waals surface area contributed by atoms with Gasteiger partial charge in [0.2, 0.25) is 5.91 Å². The van der Waals surface area contributed by atoms with E-state index in [4.69, 9.17) is 0 Å². The molecule has 0 aliphatic carbocycles. The summed E-state index contributed by atoms with van der Waals surface area (Å²) in [5.41, 5.74) is 0. The van der Waals surface area contributed by atoms with Crippen LogP contribution in [0.15, 0.2) is 0 Å². The van der Waals surface area contributed by atoms with Crippen molar-refractivity contribution in [2.75, 3.05) is 11.5 Å². The van der Waals surface area contributed by atoms with Crippen molar-refractivity contribution in [3.63, 3.8) is 0 Å². The molecule has 0 saturated carbocycles. The highest BCUT2D eigenvalue weighted by molar-refractivity contribution is 8.76. The summed E-state index contributed by atoms with van der Waals surface area (Å²) in [6.07, 6.45) is 1.64. The Morgan fingerprint density at radius 1 is 1.38 bits per heavy atom. The van der Waals surface area contributed by atoms with Gasteiger partial charge in [0, 0.05) is 24.0 Å². The monoisotopic (exact) mass is 221 g/mol. The lowest BCUT2D eigenvalue weighted by molar-refractivity contribution is -0.121. The molecule has 0 aliphatic heterocycles. The fourth-order valence-corrected chi connectivity index (χ4v) is 2.58. The zero-order chi connectivity index (χ0) is 10.1. The predicted octanol–water partition coefficient (Wildman–Crippen LogP) is 2.69. The van der Waals surface area contributed by atoms with Crippen molar-refractivity contribution < 1.29 is 4.79 Å². The smallest absolute Gasteiger partial charge is 0.220 e. The topological polar surface area (TPSA) is 29.1 Å². The fourth-order valence-electron chi connectivity index (χ4n) is 0.828. The Labute approximate surface area is 89.0 Å². The molecule has 4 heteroatoms. The maximum Gasteiger partial charge on any atom is 0.220 e. The third-order valence-corrected chi connectivity index (χ3v) is 3.85. The van der Waals surface area contributed by atoms with Crippen molar-refractivity contribution in [3.8, 4) is 0 Å². The van der Waals surface area contributed by atoms with Crippen LogP contribution in [0.3, 0.4) is 0 Å². The minimum atomic E-state index is 0.178. The number of amides is 1. The molecule has 0 aliphatic rings. The van der Waals surface area contributed by atoms with Gasteiger partial charge in [0.05, 0.1) is 0 Å². The van der Waals surface area contributed by atoms with Gasteiger partial charge in [-0.15, -0.1) is 0 Å². The second-order valence-corrected chi connectivity index (χ2v) is 5.93. The lowest BCUT2D eigenvalue weighted by Crippen LogP contribution is -2.29. The summed E-state index contributed by atoms with van der Waals surface area (Å²) in [6.45, 7) is 6.11. The second-order valence-electron chi connectivity index (χ2n) is 3.05. The van der Waals surface area contributed by atoms with E-state index in [0.29, 0.717) is 6.42 Å². The first kappa shape index (κ1) is 13.2. The molecule has 2 nitrogen and oxygen atoms in total. The first-order chi connectivity index (χ1) is 6.16. The molecule has 1 N–H and O–H groups in total. The summed E-state index contributed by atoms with van der Waals surface area (Å²) in [4.78, 5) is 11.2. The second kappa shape index (κ2) is 8.75. The normalized spacial score (nSPS) is 10.5. The maximum absolute atomic E-state index is 11.2. The molecule has 0 saturated heterocycles. The van der Waals surface area contributed by atoms with E-state index in [2.05, 4.69) is 12.2 Å². The Morgan fingerprint density at radius 3 is 2.62 bits per heavy atom. The van der Waals surface area contributed by atoms with Crippen LogP contribution in [0.4, 0.5) is 0 Å². The molecule has 0 bridgehead atoms. The highest BCUT2D eigenvalue weighted by atomic mass is 33.1. The fraction of sp³-hybridized carbons (Fsp3) is 0.889. The Kier molecular flexibility index (Phi) is 8.87. The SMILES string of the molecule is CCSSCCCC(=O)NC(C)C. The van der Waals surface area contributed by atoms with Gasteiger partial charge in [0.15, 0.2) is 0 Å². The van der Waals surface area contributed by atoms with Gasteiger partial charge in [-0.1, -0.05) is 28.5 Å². The largest absolute Gasteiger partial charge is 0.354 e. The Morgan fingerprint density at radius 2 is 2.08 bits per heavy atom. The van der Waals surface area contributed by atoms with E-state index in [9.17, 15) is 4.79 Å². The molecule has 0 heterocycles. The number of carbonyl (C=O) groups excluding carboxylic acids is 1. The van der Waals surface area contributed by atoms with Crippen molar-refractivity contribution in [3.05, 3.63) is 0 Å². The van der Waals surface area contributed by atoms with Crippen molar-refractivity contribution in [1.29, 1.82) is 0 Å². The van der Waals surface area contributed by atoms with Crippen LogP contribution < -0.4 is 5.32 Å². The average Bonchev–Trinajstić information content (AvgIpc) is 2.02. The van der Waals surface area contributed by atoms with Gasteiger partial charge in [-0.25, -0.2) is 0 Å². The number of hydrogen-bond donors (Lipinski definition) is 1. The van der Waals surface area contributed by atoms with Gasteiger partial charge in [0.1, 0.15) is 0 Å². The molecule has 0 aromatic carbocycles. The predicted molar refractivity (Wildman–Crippen MR) is 63.1 cm³/mol. The summed E-state index contributed by atoms with van der Waals surface area (Å²) in [6, 6.07) is 0.269. The van der Waals surface area contributed by atoms with Crippen LogP contribution in [0.25, 0.3) is 0 Å². The standard InChI is InChI=1S/C9H19NOS2/c1-4-12-13-7-5-6-9(11)10-8(2)3/h8H,4-7H2,1-3H3,(H,10,11). The third kappa shape index (κ3) is 10.1. The average molecular weight is 221 g/mol. The minimum absolute atomic E-state index is 0.178. The minimum Gasteiger partial charge on any atom is -0.354 e. The van der Waals surface area contributed by atoms with Gasteiger partial charge in [-0.05, 0) is 20.3 Å². The molecule has 0 radical (unpaired) electrons. The van der Waals surface area contributed by atoms with E-state index >= 15 is 0 Å².